The Morgan fingerprint density at radius 1 is 1.13 bits per heavy atom. The number of carbonyl (C=O) groups excluding carboxylic acids is 1. The summed E-state index contributed by atoms with van der Waals surface area (Å²) >= 11 is 0. The van der Waals surface area contributed by atoms with Gasteiger partial charge in [0.05, 0.1) is 17.8 Å². The zero-order valence-electron chi connectivity index (χ0n) is 17.0. The summed E-state index contributed by atoms with van der Waals surface area (Å²) in [7, 11) is 0. The van der Waals surface area contributed by atoms with Gasteiger partial charge in [0.15, 0.2) is 0 Å². The summed E-state index contributed by atoms with van der Waals surface area (Å²) in [5.41, 5.74) is 4.45. The molecule has 4 aromatic rings. The fourth-order valence-electron chi connectivity index (χ4n) is 3.30. The van der Waals surface area contributed by atoms with E-state index >= 15 is 0 Å². The number of carbonyl (C=O) groups is 1. The third kappa shape index (κ3) is 3.98. The van der Waals surface area contributed by atoms with Crippen LogP contribution < -0.4 is 5.32 Å². The minimum Gasteiger partial charge on any atom is -0.344 e. The summed E-state index contributed by atoms with van der Waals surface area (Å²) in [4.78, 5) is 21.0. The van der Waals surface area contributed by atoms with E-state index in [2.05, 4.69) is 25.5 Å². The van der Waals surface area contributed by atoms with Crippen molar-refractivity contribution >= 4 is 5.91 Å². The quantitative estimate of drug-likeness (QED) is 0.531. The van der Waals surface area contributed by atoms with E-state index in [9.17, 15) is 4.79 Å². The molecule has 0 fully saturated rings. The summed E-state index contributed by atoms with van der Waals surface area (Å²) in [6.07, 6.45) is 3.55. The predicted molar refractivity (Wildman–Crippen MR) is 111 cm³/mol. The summed E-state index contributed by atoms with van der Waals surface area (Å²) in [5, 5.41) is 11.5. The Balaban J connectivity index is 1.45. The number of nitrogens with one attached hydrogen (secondary N) is 1. The van der Waals surface area contributed by atoms with Crippen LogP contribution in [0.2, 0.25) is 0 Å². The fraction of sp³-hybridized carbons (Fsp3) is 0.227. The van der Waals surface area contributed by atoms with Crippen LogP contribution in [0.3, 0.4) is 0 Å². The first-order valence-corrected chi connectivity index (χ1v) is 9.67. The molecule has 3 aromatic heterocycles. The molecule has 1 aromatic carbocycles. The monoisotopic (exact) mass is 402 g/mol. The molecule has 0 aliphatic heterocycles. The highest BCUT2D eigenvalue weighted by atomic mass is 16.5. The smallest absolute Gasteiger partial charge is 0.249 e. The van der Waals surface area contributed by atoms with Gasteiger partial charge in [-0.25, -0.2) is 4.68 Å². The molecule has 152 valence electrons. The molecule has 4 rings (SSSR count). The highest BCUT2D eigenvalue weighted by Crippen LogP contribution is 2.20. The second-order valence-corrected chi connectivity index (χ2v) is 7.05. The van der Waals surface area contributed by atoms with E-state index < -0.39 is 6.04 Å². The maximum absolute atomic E-state index is 12.7. The van der Waals surface area contributed by atoms with Crippen LogP contribution in [0.1, 0.15) is 35.8 Å². The highest BCUT2D eigenvalue weighted by Gasteiger charge is 2.20. The Morgan fingerprint density at radius 3 is 2.60 bits per heavy atom. The molecule has 0 spiro atoms. The van der Waals surface area contributed by atoms with Gasteiger partial charge in [-0.1, -0.05) is 23.4 Å². The molecule has 1 amide bonds. The molecule has 0 bridgehead atoms. The minimum absolute atomic E-state index is 0.134. The molecule has 1 N–H and O–H groups in total. The Morgan fingerprint density at radius 2 is 1.87 bits per heavy atom. The number of hydrogen-bond donors (Lipinski definition) is 1. The Kier molecular flexibility index (Phi) is 5.38. The number of hydrogen-bond acceptors (Lipinski definition) is 6. The molecule has 1 atom stereocenters. The number of pyridine rings is 1. The SMILES string of the molecule is Cc1nn(-c2ccccc2)c(C)c1CC(=O)NC(C)c1nc(-c2ccncc2)no1. The molecule has 0 saturated heterocycles. The molecule has 0 radical (unpaired) electrons. The van der Waals surface area contributed by atoms with Gasteiger partial charge >= 0.3 is 0 Å². The van der Waals surface area contributed by atoms with Crippen LogP contribution in [-0.4, -0.2) is 30.8 Å². The van der Waals surface area contributed by atoms with Crippen molar-refractivity contribution in [2.75, 3.05) is 0 Å². The molecule has 0 aliphatic carbocycles. The van der Waals surface area contributed by atoms with Crippen LogP contribution in [0.15, 0.2) is 59.4 Å². The minimum atomic E-state index is -0.412. The van der Waals surface area contributed by atoms with Crippen LogP contribution in [0, 0.1) is 13.8 Å². The summed E-state index contributed by atoms with van der Waals surface area (Å²) in [6.45, 7) is 5.70. The summed E-state index contributed by atoms with van der Waals surface area (Å²) in [5.74, 6) is 0.679. The second kappa shape index (κ2) is 8.28. The van der Waals surface area contributed by atoms with Crippen molar-refractivity contribution in [3.8, 4) is 17.1 Å². The van der Waals surface area contributed by atoms with Gasteiger partial charge in [-0.15, -0.1) is 0 Å². The second-order valence-electron chi connectivity index (χ2n) is 7.05. The first kappa shape index (κ1) is 19.5. The van der Waals surface area contributed by atoms with Gasteiger partial charge in [-0.3, -0.25) is 9.78 Å². The van der Waals surface area contributed by atoms with Crippen LogP contribution in [0.25, 0.3) is 17.1 Å². The lowest BCUT2D eigenvalue weighted by atomic mass is 10.1. The molecule has 1 unspecified atom stereocenters. The summed E-state index contributed by atoms with van der Waals surface area (Å²) in [6, 6.07) is 13.0. The largest absolute Gasteiger partial charge is 0.344 e. The standard InChI is InChI=1S/C22H22N6O2/c1-14-19(16(3)28(26-14)18-7-5-4-6-8-18)13-20(29)24-15(2)22-25-21(27-30-22)17-9-11-23-12-10-17/h4-12,15H,13H2,1-3H3,(H,24,29). The van der Waals surface area contributed by atoms with E-state index in [0.717, 1.165) is 28.2 Å². The van der Waals surface area contributed by atoms with Crippen molar-refractivity contribution in [1.82, 2.24) is 30.2 Å². The topological polar surface area (TPSA) is 98.7 Å². The van der Waals surface area contributed by atoms with E-state index in [1.807, 2.05) is 55.8 Å². The van der Waals surface area contributed by atoms with Gasteiger partial charge in [0.1, 0.15) is 6.04 Å². The number of para-hydroxylation sites is 1. The third-order valence-corrected chi connectivity index (χ3v) is 4.91. The number of aryl methyl sites for hydroxylation is 1. The number of rotatable bonds is 6. The van der Waals surface area contributed by atoms with Crippen molar-refractivity contribution in [2.24, 2.45) is 0 Å². The van der Waals surface area contributed by atoms with E-state index in [1.165, 1.54) is 0 Å². The van der Waals surface area contributed by atoms with Gasteiger partial charge in [0.2, 0.25) is 17.6 Å². The zero-order chi connectivity index (χ0) is 21.1. The third-order valence-electron chi connectivity index (χ3n) is 4.91. The van der Waals surface area contributed by atoms with Gasteiger partial charge < -0.3 is 9.84 Å². The number of aromatic nitrogens is 5. The maximum atomic E-state index is 12.7. The molecule has 8 nitrogen and oxygen atoms in total. The van der Waals surface area contributed by atoms with Gasteiger partial charge in [-0.2, -0.15) is 10.1 Å². The molecule has 30 heavy (non-hydrogen) atoms. The first-order chi connectivity index (χ1) is 14.5. The summed E-state index contributed by atoms with van der Waals surface area (Å²) < 4.78 is 7.19. The number of benzene rings is 1. The van der Waals surface area contributed by atoms with Crippen LogP contribution in [0.5, 0.6) is 0 Å². The van der Waals surface area contributed by atoms with Crippen LogP contribution in [0.4, 0.5) is 0 Å². The molecule has 0 saturated carbocycles. The lowest BCUT2D eigenvalue weighted by molar-refractivity contribution is -0.121. The van der Waals surface area contributed by atoms with Crippen molar-refractivity contribution in [1.29, 1.82) is 0 Å². The lowest BCUT2D eigenvalue weighted by Crippen LogP contribution is -2.28. The number of nitrogens with zero attached hydrogens (tertiary/aromatic N) is 5. The number of amides is 1. The average Bonchev–Trinajstić information content (AvgIpc) is 3.36. The van der Waals surface area contributed by atoms with Gasteiger partial charge in [0, 0.05) is 29.2 Å². The molecular formula is C22H22N6O2. The van der Waals surface area contributed by atoms with Crippen molar-refractivity contribution in [3.05, 3.63) is 77.7 Å². The van der Waals surface area contributed by atoms with E-state index in [1.54, 1.807) is 24.5 Å². The van der Waals surface area contributed by atoms with Crippen molar-refractivity contribution in [2.45, 2.75) is 33.2 Å². The highest BCUT2D eigenvalue weighted by molar-refractivity contribution is 5.79. The lowest BCUT2D eigenvalue weighted by Gasteiger charge is -2.10. The van der Waals surface area contributed by atoms with Crippen molar-refractivity contribution < 1.29 is 9.32 Å². The predicted octanol–water partition coefficient (Wildman–Crippen LogP) is 3.35. The molecule has 0 aliphatic rings. The maximum Gasteiger partial charge on any atom is 0.249 e. The van der Waals surface area contributed by atoms with Crippen LogP contribution >= 0.6 is 0 Å². The van der Waals surface area contributed by atoms with E-state index in [0.29, 0.717) is 11.7 Å². The van der Waals surface area contributed by atoms with Crippen LogP contribution in [-0.2, 0) is 11.2 Å². The first-order valence-electron chi connectivity index (χ1n) is 9.67. The molecule has 3 heterocycles. The van der Waals surface area contributed by atoms with Crippen molar-refractivity contribution in [3.63, 3.8) is 0 Å². The Hall–Kier alpha value is -3.81. The van der Waals surface area contributed by atoms with Gasteiger partial charge in [-0.05, 0) is 45.0 Å². The fourth-order valence-corrected chi connectivity index (χ4v) is 3.30. The molecule has 8 heteroatoms. The normalized spacial score (nSPS) is 12.0. The Labute approximate surface area is 174 Å². The van der Waals surface area contributed by atoms with Gasteiger partial charge in [0.25, 0.3) is 0 Å². The Bertz CT molecular complexity index is 1150. The van der Waals surface area contributed by atoms with E-state index in [4.69, 9.17) is 4.52 Å². The molecular weight excluding hydrogens is 380 g/mol. The average molecular weight is 402 g/mol. The zero-order valence-corrected chi connectivity index (χ0v) is 17.0. The van der Waals surface area contributed by atoms with E-state index in [-0.39, 0.29) is 12.3 Å².